The first-order valence-electron chi connectivity index (χ1n) is 3.96. The molecular weight excluding hydrogens is 140 g/mol. The minimum atomic E-state index is 0.130. The summed E-state index contributed by atoms with van der Waals surface area (Å²) in [5, 5.41) is 3.39. The number of rotatable bonds is 0. The van der Waals surface area contributed by atoms with Crippen molar-refractivity contribution >= 4 is 5.90 Å². The summed E-state index contributed by atoms with van der Waals surface area (Å²) in [6.07, 6.45) is 0.878. The van der Waals surface area contributed by atoms with E-state index in [9.17, 15) is 0 Å². The summed E-state index contributed by atoms with van der Waals surface area (Å²) in [6, 6.07) is 0. The van der Waals surface area contributed by atoms with Gasteiger partial charge in [-0.15, -0.1) is 0 Å². The zero-order valence-corrected chi connectivity index (χ0v) is 7.48. The van der Waals surface area contributed by atoms with E-state index in [1.165, 1.54) is 0 Å². The van der Waals surface area contributed by atoms with E-state index in [0.29, 0.717) is 0 Å². The van der Waals surface area contributed by atoms with Crippen LogP contribution in [-0.2, 0) is 4.74 Å². The minimum Gasteiger partial charge on any atom is -0.484 e. The molecule has 0 bridgehead atoms. The standard InChI is InChI=1S/C8H16N2O/c1-8(2)6-7(11-3)9-4-5-10-8/h10H,4-6H2,1-3H3. The van der Waals surface area contributed by atoms with Gasteiger partial charge >= 0.3 is 0 Å². The van der Waals surface area contributed by atoms with E-state index >= 15 is 0 Å². The highest BCUT2D eigenvalue weighted by molar-refractivity contribution is 5.77. The Morgan fingerprint density at radius 1 is 1.55 bits per heavy atom. The fourth-order valence-electron chi connectivity index (χ4n) is 1.21. The molecule has 0 radical (unpaired) electrons. The Hall–Kier alpha value is -0.570. The van der Waals surface area contributed by atoms with E-state index in [1.54, 1.807) is 7.11 Å². The van der Waals surface area contributed by atoms with Gasteiger partial charge in [-0.25, -0.2) is 0 Å². The average molecular weight is 156 g/mol. The lowest BCUT2D eigenvalue weighted by atomic mass is 10.0. The molecule has 0 aliphatic carbocycles. The molecule has 1 rings (SSSR count). The third-order valence-corrected chi connectivity index (χ3v) is 1.83. The smallest absolute Gasteiger partial charge is 0.184 e. The molecule has 0 saturated carbocycles. The third-order valence-electron chi connectivity index (χ3n) is 1.83. The van der Waals surface area contributed by atoms with Crippen LogP contribution in [-0.4, -0.2) is 31.6 Å². The lowest BCUT2D eigenvalue weighted by Gasteiger charge is -2.23. The number of hydrogen-bond donors (Lipinski definition) is 1. The van der Waals surface area contributed by atoms with Gasteiger partial charge < -0.3 is 10.1 Å². The molecule has 0 aromatic heterocycles. The van der Waals surface area contributed by atoms with E-state index in [4.69, 9.17) is 4.74 Å². The molecule has 1 aliphatic heterocycles. The highest BCUT2D eigenvalue weighted by atomic mass is 16.5. The second kappa shape index (κ2) is 3.22. The highest BCUT2D eigenvalue weighted by Gasteiger charge is 2.21. The van der Waals surface area contributed by atoms with E-state index < -0.39 is 0 Å². The molecule has 3 heteroatoms. The Morgan fingerprint density at radius 3 is 2.91 bits per heavy atom. The molecule has 1 N–H and O–H groups in total. The molecule has 0 unspecified atom stereocenters. The van der Waals surface area contributed by atoms with Crippen molar-refractivity contribution < 1.29 is 4.74 Å². The van der Waals surface area contributed by atoms with Crippen molar-refractivity contribution in [3.05, 3.63) is 0 Å². The predicted octanol–water partition coefficient (Wildman–Crippen LogP) is 0.803. The molecular formula is C8H16N2O. The van der Waals surface area contributed by atoms with Gasteiger partial charge in [-0.05, 0) is 13.8 Å². The number of ether oxygens (including phenoxy) is 1. The molecule has 3 nitrogen and oxygen atoms in total. The summed E-state index contributed by atoms with van der Waals surface area (Å²) in [4.78, 5) is 4.27. The van der Waals surface area contributed by atoms with Crippen molar-refractivity contribution in [1.29, 1.82) is 0 Å². The van der Waals surface area contributed by atoms with Crippen LogP contribution in [0.15, 0.2) is 4.99 Å². The largest absolute Gasteiger partial charge is 0.484 e. The van der Waals surface area contributed by atoms with Crippen LogP contribution in [0.1, 0.15) is 20.3 Å². The van der Waals surface area contributed by atoms with Crippen LogP contribution in [0.5, 0.6) is 0 Å². The predicted molar refractivity (Wildman–Crippen MR) is 46.0 cm³/mol. The maximum absolute atomic E-state index is 5.12. The Morgan fingerprint density at radius 2 is 2.27 bits per heavy atom. The van der Waals surface area contributed by atoms with Crippen molar-refractivity contribution in [3.8, 4) is 0 Å². The third kappa shape index (κ3) is 2.50. The normalized spacial score (nSPS) is 23.7. The molecule has 0 saturated heterocycles. The van der Waals surface area contributed by atoms with E-state index in [-0.39, 0.29) is 5.54 Å². The summed E-state index contributed by atoms with van der Waals surface area (Å²) >= 11 is 0. The molecule has 0 amide bonds. The molecule has 0 spiro atoms. The van der Waals surface area contributed by atoms with Gasteiger partial charge in [0.1, 0.15) is 0 Å². The first kappa shape index (κ1) is 8.53. The number of nitrogens with zero attached hydrogens (tertiary/aromatic N) is 1. The van der Waals surface area contributed by atoms with Crippen LogP contribution in [0.3, 0.4) is 0 Å². The molecule has 0 aromatic rings. The van der Waals surface area contributed by atoms with Gasteiger partial charge in [0.2, 0.25) is 0 Å². The van der Waals surface area contributed by atoms with Crippen molar-refractivity contribution in [2.75, 3.05) is 20.2 Å². The van der Waals surface area contributed by atoms with Gasteiger partial charge in [-0.2, -0.15) is 0 Å². The van der Waals surface area contributed by atoms with E-state index in [2.05, 4.69) is 24.2 Å². The first-order chi connectivity index (χ1) is 5.14. The summed E-state index contributed by atoms with van der Waals surface area (Å²) < 4.78 is 5.12. The Bertz CT molecular complexity index is 163. The van der Waals surface area contributed by atoms with E-state index in [0.717, 1.165) is 25.4 Å². The van der Waals surface area contributed by atoms with Crippen LogP contribution >= 0.6 is 0 Å². The SMILES string of the molecule is COC1=NCCNC(C)(C)C1. The first-order valence-corrected chi connectivity index (χ1v) is 3.96. The van der Waals surface area contributed by atoms with Gasteiger partial charge in [0.25, 0.3) is 0 Å². The maximum atomic E-state index is 5.12. The Labute approximate surface area is 67.8 Å². The van der Waals surface area contributed by atoms with Crippen molar-refractivity contribution in [2.45, 2.75) is 25.8 Å². The summed E-state index contributed by atoms with van der Waals surface area (Å²) in [7, 11) is 1.68. The van der Waals surface area contributed by atoms with Gasteiger partial charge in [0.05, 0.1) is 13.7 Å². The molecule has 0 atom stereocenters. The lowest BCUT2D eigenvalue weighted by molar-refractivity contribution is 0.352. The van der Waals surface area contributed by atoms with Crippen LogP contribution in [0.2, 0.25) is 0 Å². The van der Waals surface area contributed by atoms with Crippen LogP contribution < -0.4 is 5.32 Å². The minimum absolute atomic E-state index is 0.130. The number of methoxy groups -OCH3 is 1. The van der Waals surface area contributed by atoms with Crippen molar-refractivity contribution in [2.24, 2.45) is 4.99 Å². The number of hydrogen-bond acceptors (Lipinski definition) is 3. The molecule has 1 aliphatic rings. The zero-order chi connectivity index (χ0) is 8.32. The number of nitrogens with one attached hydrogen (secondary N) is 1. The second-order valence-electron chi connectivity index (χ2n) is 3.47. The van der Waals surface area contributed by atoms with Crippen molar-refractivity contribution in [3.63, 3.8) is 0 Å². The van der Waals surface area contributed by atoms with Gasteiger partial charge in [0, 0.05) is 18.5 Å². The fraction of sp³-hybridized carbons (Fsp3) is 0.875. The van der Waals surface area contributed by atoms with Gasteiger partial charge in [0.15, 0.2) is 5.90 Å². The van der Waals surface area contributed by atoms with Crippen molar-refractivity contribution in [1.82, 2.24) is 5.32 Å². The topological polar surface area (TPSA) is 33.6 Å². The fourth-order valence-corrected chi connectivity index (χ4v) is 1.21. The Balaban J connectivity index is 2.60. The molecule has 0 aromatic carbocycles. The molecule has 0 fully saturated rings. The zero-order valence-electron chi connectivity index (χ0n) is 7.48. The van der Waals surface area contributed by atoms with Crippen LogP contribution in [0.4, 0.5) is 0 Å². The van der Waals surface area contributed by atoms with Crippen LogP contribution in [0, 0.1) is 0 Å². The van der Waals surface area contributed by atoms with Gasteiger partial charge in [-0.1, -0.05) is 0 Å². The highest BCUT2D eigenvalue weighted by Crippen LogP contribution is 2.11. The van der Waals surface area contributed by atoms with Crippen LogP contribution in [0.25, 0.3) is 0 Å². The molecule has 64 valence electrons. The Kier molecular flexibility index (Phi) is 2.49. The number of aliphatic imine (C=N–C) groups is 1. The quantitative estimate of drug-likeness (QED) is 0.563. The maximum Gasteiger partial charge on any atom is 0.184 e. The summed E-state index contributed by atoms with van der Waals surface area (Å²) in [5.74, 6) is 0.861. The summed E-state index contributed by atoms with van der Waals surface area (Å²) in [5.41, 5.74) is 0.130. The lowest BCUT2D eigenvalue weighted by Crippen LogP contribution is -2.40. The van der Waals surface area contributed by atoms with E-state index in [1.807, 2.05) is 0 Å². The summed E-state index contributed by atoms with van der Waals surface area (Å²) in [6.45, 7) is 6.09. The van der Waals surface area contributed by atoms with Gasteiger partial charge in [-0.3, -0.25) is 4.99 Å². The monoisotopic (exact) mass is 156 g/mol. The molecule has 1 heterocycles. The molecule has 11 heavy (non-hydrogen) atoms. The second-order valence-corrected chi connectivity index (χ2v) is 3.47. The average Bonchev–Trinajstić information content (AvgIpc) is 2.10.